The van der Waals surface area contributed by atoms with E-state index in [0.29, 0.717) is 22.4 Å². The summed E-state index contributed by atoms with van der Waals surface area (Å²) in [4.78, 5) is 2.24. The Bertz CT molecular complexity index is 821. The average Bonchev–Trinajstić information content (AvgIpc) is 2.56. The van der Waals surface area contributed by atoms with Crippen LogP contribution in [0.15, 0.2) is 23.2 Å². The van der Waals surface area contributed by atoms with Crippen molar-refractivity contribution in [2.24, 2.45) is 0 Å². The molecule has 0 aliphatic carbocycles. The monoisotopic (exact) mass is 401 g/mol. The molecule has 1 N–H and O–H groups in total. The lowest BCUT2D eigenvalue weighted by molar-refractivity contribution is -0.137. The van der Waals surface area contributed by atoms with Crippen LogP contribution in [0.5, 0.6) is 5.75 Å². The number of rotatable bonds is 3. The Kier molecular flexibility index (Phi) is 5.62. The number of hydrogen-bond donors (Lipinski definition) is 1. The van der Waals surface area contributed by atoms with Crippen LogP contribution in [0.4, 0.5) is 17.6 Å². The van der Waals surface area contributed by atoms with E-state index in [0.717, 1.165) is 31.5 Å². The summed E-state index contributed by atoms with van der Waals surface area (Å²) in [5.74, 6) is -2.00. The Hall–Kier alpha value is -1.87. The van der Waals surface area contributed by atoms with Crippen molar-refractivity contribution >= 4 is 11.8 Å². The van der Waals surface area contributed by atoms with Crippen molar-refractivity contribution in [2.45, 2.75) is 36.2 Å². The smallest absolute Gasteiger partial charge is 0.416 e. The third kappa shape index (κ3) is 4.52. The molecule has 4 nitrogen and oxygen atoms in total. The summed E-state index contributed by atoms with van der Waals surface area (Å²) >= 11 is 1.59. The predicted octanol–water partition coefficient (Wildman–Crippen LogP) is 4.50. The number of nitrogens with zero attached hydrogens (tertiary/aromatic N) is 3. The largest absolute Gasteiger partial charge is 0.507 e. The standard InChI is InChI=1S/C18H19F4N3OS/c1-10-6-14(16-13(19)7-11(8-15(16)26)18(20,21)22)23-24-17(10)27-12-4-3-5-25(2)9-12/h6-8,12,26H,3-5,9H2,1-2H3/t12-/m1/s1. The molecular weight excluding hydrogens is 382 g/mol. The number of hydrogen-bond acceptors (Lipinski definition) is 5. The molecule has 0 saturated carbocycles. The summed E-state index contributed by atoms with van der Waals surface area (Å²) < 4.78 is 52.4. The van der Waals surface area contributed by atoms with Gasteiger partial charge < -0.3 is 10.0 Å². The summed E-state index contributed by atoms with van der Waals surface area (Å²) in [6.07, 6.45) is -2.58. The fourth-order valence-corrected chi connectivity index (χ4v) is 4.36. The van der Waals surface area contributed by atoms with Gasteiger partial charge in [-0.3, -0.25) is 0 Å². The highest BCUT2D eigenvalue weighted by Gasteiger charge is 2.33. The zero-order chi connectivity index (χ0) is 19.8. The molecule has 27 heavy (non-hydrogen) atoms. The van der Waals surface area contributed by atoms with E-state index in [-0.39, 0.29) is 11.3 Å². The predicted molar refractivity (Wildman–Crippen MR) is 95.2 cm³/mol. The van der Waals surface area contributed by atoms with Crippen molar-refractivity contribution in [3.8, 4) is 17.0 Å². The van der Waals surface area contributed by atoms with E-state index in [1.165, 1.54) is 6.07 Å². The van der Waals surface area contributed by atoms with Gasteiger partial charge in [-0.2, -0.15) is 13.2 Å². The van der Waals surface area contributed by atoms with Gasteiger partial charge >= 0.3 is 6.18 Å². The van der Waals surface area contributed by atoms with Gasteiger partial charge in [0, 0.05) is 11.8 Å². The molecule has 0 unspecified atom stereocenters. The van der Waals surface area contributed by atoms with Gasteiger partial charge in [-0.25, -0.2) is 4.39 Å². The Morgan fingerprint density at radius 3 is 2.56 bits per heavy atom. The zero-order valence-electron chi connectivity index (χ0n) is 14.8. The molecule has 1 aromatic heterocycles. The maximum absolute atomic E-state index is 14.2. The number of aromatic nitrogens is 2. The van der Waals surface area contributed by atoms with Crippen molar-refractivity contribution in [3.63, 3.8) is 0 Å². The van der Waals surface area contributed by atoms with Crippen LogP contribution in [-0.2, 0) is 6.18 Å². The molecule has 1 atom stereocenters. The number of likely N-dealkylation sites (tertiary alicyclic amines) is 1. The lowest BCUT2D eigenvalue weighted by Gasteiger charge is -2.29. The van der Waals surface area contributed by atoms with E-state index in [1.807, 2.05) is 0 Å². The molecule has 1 fully saturated rings. The number of piperidine rings is 1. The third-order valence-electron chi connectivity index (χ3n) is 4.45. The van der Waals surface area contributed by atoms with Crippen molar-refractivity contribution in [1.82, 2.24) is 15.1 Å². The highest BCUT2D eigenvalue weighted by molar-refractivity contribution is 7.99. The summed E-state index contributed by atoms with van der Waals surface area (Å²) in [6.45, 7) is 3.78. The molecule has 1 aliphatic rings. The van der Waals surface area contributed by atoms with Crippen LogP contribution >= 0.6 is 11.8 Å². The third-order valence-corrected chi connectivity index (χ3v) is 5.80. The minimum Gasteiger partial charge on any atom is -0.507 e. The van der Waals surface area contributed by atoms with E-state index in [9.17, 15) is 22.7 Å². The van der Waals surface area contributed by atoms with Gasteiger partial charge in [0.15, 0.2) is 0 Å². The van der Waals surface area contributed by atoms with Crippen molar-refractivity contribution < 1.29 is 22.7 Å². The van der Waals surface area contributed by atoms with E-state index in [4.69, 9.17) is 0 Å². The first-order valence-electron chi connectivity index (χ1n) is 8.44. The van der Waals surface area contributed by atoms with Crippen molar-refractivity contribution in [1.29, 1.82) is 0 Å². The molecular formula is C18H19F4N3OS. The zero-order valence-corrected chi connectivity index (χ0v) is 15.7. The van der Waals surface area contributed by atoms with E-state index in [2.05, 4.69) is 22.1 Å². The van der Waals surface area contributed by atoms with Crippen LogP contribution in [0.25, 0.3) is 11.3 Å². The summed E-state index contributed by atoms with van der Waals surface area (Å²) in [5, 5.41) is 19.1. The molecule has 3 rings (SSSR count). The molecule has 2 aromatic rings. The van der Waals surface area contributed by atoms with Crippen molar-refractivity contribution in [3.05, 3.63) is 35.1 Å². The van der Waals surface area contributed by atoms with E-state index in [1.54, 1.807) is 18.7 Å². The second-order valence-electron chi connectivity index (χ2n) is 6.71. The van der Waals surface area contributed by atoms with Crippen molar-refractivity contribution in [2.75, 3.05) is 20.1 Å². The molecule has 146 valence electrons. The van der Waals surface area contributed by atoms with Crippen LogP contribution in [-0.4, -0.2) is 45.6 Å². The highest BCUT2D eigenvalue weighted by atomic mass is 32.2. The normalized spacial score (nSPS) is 18.7. The Morgan fingerprint density at radius 2 is 1.96 bits per heavy atom. The number of aromatic hydroxyl groups is 1. The lowest BCUT2D eigenvalue weighted by atomic mass is 10.1. The molecule has 1 saturated heterocycles. The molecule has 1 aliphatic heterocycles. The number of phenolic OH excluding ortho intramolecular Hbond substituents is 1. The average molecular weight is 401 g/mol. The molecule has 0 amide bonds. The summed E-state index contributed by atoms with van der Waals surface area (Å²) in [5.41, 5.74) is -0.898. The number of thioether (sulfide) groups is 1. The van der Waals surface area contributed by atoms with Gasteiger partial charge in [-0.15, -0.1) is 10.2 Å². The number of benzene rings is 1. The molecule has 0 spiro atoms. The van der Waals surface area contributed by atoms with Gasteiger partial charge in [0.2, 0.25) is 0 Å². The number of alkyl halides is 3. The van der Waals surface area contributed by atoms with Crippen LogP contribution < -0.4 is 0 Å². The first-order valence-corrected chi connectivity index (χ1v) is 9.32. The fourth-order valence-electron chi connectivity index (χ4n) is 3.10. The highest BCUT2D eigenvalue weighted by Crippen LogP contribution is 2.39. The minimum atomic E-state index is -4.74. The van der Waals surface area contributed by atoms with Crippen LogP contribution in [0.1, 0.15) is 24.0 Å². The van der Waals surface area contributed by atoms with Crippen LogP contribution in [0, 0.1) is 12.7 Å². The Morgan fingerprint density at radius 1 is 1.22 bits per heavy atom. The number of aryl methyl sites for hydroxylation is 1. The van der Waals surface area contributed by atoms with Gasteiger partial charge in [-0.1, -0.05) is 11.8 Å². The second-order valence-corrected chi connectivity index (χ2v) is 8.00. The fraction of sp³-hybridized carbons (Fsp3) is 0.444. The molecule has 9 heteroatoms. The summed E-state index contributed by atoms with van der Waals surface area (Å²) in [6, 6.07) is 2.38. The van der Waals surface area contributed by atoms with Crippen LogP contribution in [0.3, 0.4) is 0 Å². The first kappa shape index (κ1) is 19.9. The maximum Gasteiger partial charge on any atom is 0.416 e. The molecule has 0 radical (unpaired) electrons. The Balaban J connectivity index is 1.87. The van der Waals surface area contributed by atoms with E-state index >= 15 is 0 Å². The first-order chi connectivity index (χ1) is 12.6. The molecule has 1 aromatic carbocycles. The minimum absolute atomic E-state index is 0.00124. The Labute approximate surface area is 158 Å². The number of halogens is 4. The quantitative estimate of drug-likeness (QED) is 0.768. The summed E-state index contributed by atoms with van der Waals surface area (Å²) in [7, 11) is 2.06. The SMILES string of the molecule is Cc1cc(-c2c(O)cc(C(F)(F)F)cc2F)nnc1S[C@@H]1CCCN(C)C1. The maximum atomic E-state index is 14.2. The van der Waals surface area contributed by atoms with Gasteiger partial charge in [0.05, 0.1) is 16.8 Å². The van der Waals surface area contributed by atoms with E-state index < -0.39 is 23.3 Å². The topological polar surface area (TPSA) is 49.3 Å². The second kappa shape index (κ2) is 7.63. The van der Waals surface area contributed by atoms with Crippen LogP contribution in [0.2, 0.25) is 0 Å². The molecule has 0 bridgehead atoms. The molecule has 2 heterocycles. The van der Waals surface area contributed by atoms with Gasteiger partial charge in [0.25, 0.3) is 0 Å². The lowest BCUT2D eigenvalue weighted by Crippen LogP contribution is -2.33. The van der Waals surface area contributed by atoms with Gasteiger partial charge in [-0.05, 0) is 57.1 Å². The van der Waals surface area contributed by atoms with Gasteiger partial charge in [0.1, 0.15) is 16.6 Å². The number of phenols is 1.